The van der Waals surface area contributed by atoms with Gasteiger partial charge in [-0.05, 0) is 23.6 Å². The predicted octanol–water partition coefficient (Wildman–Crippen LogP) is 5.44. The molecule has 0 spiro atoms. The van der Waals surface area contributed by atoms with Crippen molar-refractivity contribution in [3.63, 3.8) is 0 Å². The molecule has 1 atom stereocenters. The summed E-state index contributed by atoms with van der Waals surface area (Å²) in [5.41, 5.74) is 3.25. The summed E-state index contributed by atoms with van der Waals surface area (Å²) >= 11 is 0. The maximum atomic E-state index is 14.4. The third-order valence-corrected chi connectivity index (χ3v) is 5.72. The third kappa shape index (κ3) is 5.07. The normalized spacial score (nSPS) is 17.7. The van der Waals surface area contributed by atoms with E-state index >= 15 is 0 Å². The number of nitrogens with zero attached hydrogens (tertiary/aromatic N) is 2. The largest absolute Gasteiger partial charge is 0.445 e. The van der Waals surface area contributed by atoms with E-state index in [0.717, 1.165) is 16.8 Å². The van der Waals surface area contributed by atoms with Crippen LogP contribution in [0.2, 0.25) is 0 Å². The number of imidazole rings is 1. The molecule has 1 saturated heterocycles. The molecular weight excluding hydrogens is 414 g/mol. The molecule has 2 heterocycles. The monoisotopic (exact) mass is 440 g/mol. The number of carbonyl (C=O) groups excluding carboxylic acids is 1. The number of piperidine rings is 1. The van der Waals surface area contributed by atoms with E-state index in [-0.39, 0.29) is 19.6 Å². The van der Waals surface area contributed by atoms with Gasteiger partial charge in [0.05, 0.1) is 18.1 Å². The Morgan fingerprint density at radius 3 is 2.72 bits per heavy atom. The molecule has 3 aromatic rings. The lowest BCUT2D eigenvalue weighted by atomic mass is 9.90. The molecule has 0 bridgehead atoms. The first-order valence-corrected chi connectivity index (χ1v) is 10.6. The number of amides is 1. The highest BCUT2D eigenvalue weighted by atomic mass is 19.3. The molecule has 1 unspecified atom stereocenters. The smallest absolute Gasteiger partial charge is 0.410 e. The zero-order chi connectivity index (χ0) is 22.6. The fourth-order valence-corrected chi connectivity index (χ4v) is 3.97. The number of anilines is 1. The highest BCUT2D eigenvalue weighted by Crippen LogP contribution is 2.41. The summed E-state index contributed by atoms with van der Waals surface area (Å²) in [6, 6.07) is 15.9. The van der Waals surface area contributed by atoms with Gasteiger partial charge in [-0.25, -0.2) is 18.6 Å². The molecule has 1 amide bonds. The fourth-order valence-electron chi connectivity index (χ4n) is 3.97. The highest BCUT2D eigenvalue weighted by Gasteiger charge is 2.43. The summed E-state index contributed by atoms with van der Waals surface area (Å²) in [7, 11) is 0. The first kappa shape index (κ1) is 21.8. The van der Waals surface area contributed by atoms with Crippen molar-refractivity contribution in [3.8, 4) is 0 Å². The van der Waals surface area contributed by atoms with Gasteiger partial charge >= 0.3 is 6.09 Å². The zero-order valence-electron chi connectivity index (χ0n) is 17.9. The van der Waals surface area contributed by atoms with E-state index < -0.39 is 24.5 Å². The van der Waals surface area contributed by atoms with Gasteiger partial charge in [-0.3, -0.25) is 0 Å². The SMILES string of the molecule is Cc1[nH]cnc1NCc1ccccc1C1CC(F)(F)CCN1C(=O)OCc1ccccc1. The van der Waals surface area contributed by atoms with Gasteiger partial charge in [0.2, 0.25) is 0 Å². The minimum atomic E-state index is -2.85. The lowest BCUT2D eigenvalue weighted by Gasteiger charge is -2.39. The van der Waals surface area contributed by atoms with Crippen molar-refractivity contribution in [2.24, 2.45) is 0 Å². The topological polar surface area (TPSA) is 70.2 Å². The predicted molar refractivity (Wildman–Crippen MR) is 117 cm³/mol. The van der Waals surface area contributed by atoms with Crippen LogP contribution < -0.4 is 5.32 Å². The molecule has 4 rings (SSSR count). The molecule has 0 aliphatic carbocycles. The number of likely N-dealkylation sites (tertiary alicyclic amines) is 1. The number of ether oxygens (including phenoxy) is 1. The number of nitrogens with one attached hydrogen (secondary N) is 2. The number of aromatic nitrogens is 2. The molecular formula is C24H26F2N4O2. The maximum absolute atomic E-state index is 14.4. The van der Waals surface area contributed by atoms with Gasteiger partial charge in [-0.15, -0.1) is 0 Å². The number of H-pyrrole nitrogens is 1. The molecule has 32 heavy (non-hydrogen) atoms. The Balaban J connectivity index is 1.54. The maximum Gasteiger partial charge on any atom is 0.410 e. The van der Waals surface area contributed by atoms with Crippen LogP contribution in [0.5, 0.6) is 0 Å². The Hall–Kier alpha value is -3.42. The third-order valence-electron chi connectivity index (χ3n) is 5.72. The van der Waals surface area contributed by atoms with Crippen LogP contribution in [-0.4, -0.2) is 33.4 Å². The first-order valence-electron chi connectivity index (χ1n) is 10.6. The molecule has 8 heteroatoms. The fraction of sp³-hybridized carbons (Fsp3) is 0.333. The van der Waals surface area contributed by atoms with Crippen LogP contribution in [0.3, 0.4) is 0 Å². The molecule has 0 saturated carbocycles. The second-order valence-electron chi connectivity index (χ2n) is 7.99. The number of hydrogen-bond donors (Lipinski definition) is 2. The number of rotatable bonds is 6. The number of aromatic amines is 1. The van der Waals surface area contributed by atoms with Gasteiger partial charge in [0, 0.05) is 25.9 Å². The van der Waals surface area contributed by atoms with Crippen molar-refractivity contribution >= 4 is 11.9 Å². The number of aryl methyl sites for hydroxylation is 1. The van der Waals surface area contributed by atoms with E-state index in [2.05, 4.69) is 15.3 Å². The first-order chi connectivity index (χ1) is 15.4. The van der Waals surface area contributed by atoms with Crippen molar-refractivity contribution in [2.45, 2.75) is 44.9 Å². The number of alkyl halides is 2. The number of benzene rings is 2. The Morgan fingerprint density at radius 1 is 1.22 bits per heavy atom. The standard InChI is InChI=1S/C24H26F2N4O2/c1-17-22(29-16-28-17)27-14-19-9-5-6-10-20(19)21-13-24(25,26)11-12-30(21)23(31)32-15-18-7-3-2-4-8-18/h2-10,16,21,27H,11-15H2,1H3,(H,28,29). The average Bonchev–Trinajstić information content (AvgIpc) is 3.21. The second-order valence-corrected chi connectivity index (χ2v) is 7.99. The van der Waals surface area contributed by atoms with E-state index in [1.54, 1.807) is 18.5 Å². The van der Waals surface area contributed by atoms with E-state index in [0.29, 0.717) is 17.9 Å². The van der Waals surface area contributed by atoms with Crippen LogP contribution in [0.25, 0.3) is 0 Å². The van der Waals surface area contributed by atoms with E-state index in [4.69, 9.17) is 4.74 Å². The minimum absolute atomic E-state index is 0.0640. The number of hydrogen-bond acceptors (Lipinski definition) is 4. The summed E-state index contributed by atoms with van der Waals surface area (Å²) in [6.45, 7) is 2.33. The van der Waals surface area contributed by atoms with Gasteiger partial charge < -0.3 is 19.9 Å². The summed E-state index contributed by atoms with van der Waals surface area (Å²) in [5, 5.41) is 3.24. The molecule has 1 fully saturated rings. The van der Waals surface area contributed by atoms with Crippen molar-refractivity contribution in [1.29, 1.82) is 0 Å². The van der Waals surface area contributed by atoms with Crippen LogP contribution >= 0.6 is 0 Å². The molecule has 2 aromatic carbocycles. The van der Waals surface area contributed by atoms with Crippen LogP contribution in [0.15, 0.2) is 60.9 Å². The lowest BCUT2D eigenvalue weighted by Crippen LogP contribution is -2.45. The highest BCUT2D eigenvalue weighted by molar-refractivity contribution is 5.69. The quantitative estimate of drug-likeness (QED) is 0.536. The summed E-state index contributed by atoms with van der Waals surface area (Å²) in [6.07, 6.45) is 0.193. The molecule has 6 nitrogen and oxygen atoms in total. The summed E-state index contributed by atoms with van der Waals surface area (Å²) in [4.78, 5) is 21.5. The number of halogens is 2. The zero-order valence-corrected chi connectivity index (χ0v) is 17.9. The van der Waals surface area contributed by atoms with Crippen LogP contribution in [0.4, 0.5) is 19.4 Å². The Bertz CT molecular complexity index is 1050. The van der Waals surface area contributed by atoms with Crippen LogP contribution in [0.1, 0.15) is 41.3 Å². The van der Waals surface area contributed by atoms with Crippen molar-refractivity contribution < 1.29 is 18.3 Å². The molecule has 1 aliphatic heterocycles. The Labute approximate surface area is 185 Å². The van der Waals surface area contributed by atoms with Crippen LogP contribution in [0, 0.1) is 6.92 Å². The molecule has 1 aromatic heterocycles. The van der Waals surface area contributed by atoms with Gasteiger partial charge in [0.1, 0.15) is 12.4 Å². The van der Waals surface area contributed by atoms with E-state index in [1.165, 1.54) is 4.90 Å². The number of carbonyl (C=O) groups is 1. The average molecular weight is 440 g/mol. The van der Waals surface area contributed by atoms with Gasteiger partial charge in [0.15, 0.2) is 0 Å². The van der Waals surface area contributed by atoms with Gasteiger partial charge in [-0.2, -0.15) is 0 Å². The van der Waals surface area contributed by atoms with Gasteiger partial charge in [-0.1, -0.05) is 54.6 Å². The van der Waals surface area contributed by atoms with Crippen molar-refractivity contribution in [2.75, 3.05) is 11.9 Å². The summed E-state index contributed by atoms with van der Waals surface area (Å²) < 4.78 is 34.3. The Kier molecular flexibility index (Phi) is 6.39. The minimum Gasteiger partial charge on any atom is -0.445 e. The molecule has 0 radical (unpaired) electrons. The molecule has 168 valence electrons. The van der Waals surface area contributed by atoms with Crippen LogP contribution in [-0.2, 0) is 17.9 Å². The second kappa shape index (κ2) is 9.38. The van der Waals surface area contributed by atoms with E-state index in [1.807, 2.05) is 49.4 Å². The van der Waals surface area contributed by atoms with E-state index in [9.17, 15) is 13.6 Å². The summed E-state index contributed by atoms with van der Waals surface area (Å²) in [5.74, 6) is -2.15. The van der Waals surface area contributed by atoms with Gasteiger partial charge in [0.25, 0.3) is 5.92 Å². The molecule has 2 N–H and O–H groups in total. The van der Waals surface area contributed by atoms with Crippen molar-refractivity contribution in [3.05, 3.63) is 83.3 Å². The lowest BCUT2D eigenvalue weighted by molar-refractivity contribution is -0.0754. The van der Waals surface area contributed by atoms with Crippen molar-refractivity contribution in [1.82, 2.24) is 14.9 Å². The molecule has 1 aliphatic rings. The Morgan fingerprint density at radius 2 is 1.97 bits per heavy atom.